The van der Waals surface area contributed by atoms with Crippen LogP contribution in [0, 0.1) is 0 Å². The second kappa shape index (κ2) is 6.90. The summed E-state index contributed by atoms with van der Waals surface area (Å²) in [5, 5.41) is 2.90. The van der Waals surface area contributed by atoms with Crippen LogP contribution in [0.4, 0.5) is 11.4 Å². The van der Waals surface area contributed by atoms with Gasteiger partial charge in [-0.05, 0) is 43.8 Å². The van der Waals surface area contributed by atoms with E-state index in [4.69, 9.17) is 5.73 Å². The zero-order valence-corrected chi connectivity index (χ0v) is 12.4. The summed E-state index contributed by atoms with van der Waals surface area (Å²) in [5.74, 6) is -0.0294. The number of amides is 1. The van der Waals surface area contributed by atoms with Crippen LogP contribution < -0.4 is 11.1 Å². The van der Waals surface area contributed by atoms with Crippen molar-refractivity contribution in [1.82, 2.24) is 4.90 Å². The van der Waals surface area contributed by atoms with Crippen molar-refractivity contribution >= 4 is 17.3 Å². The van der Waals surface area contributed by atoms with Crippen LogP contribution in [0.5, 0.6) is 0 Å². The number of carbonyl (C=O) groups is 1. The largest absolute Gasteiger partial charge is 0.399 e. The van der Waals surface area contributed by atoms with Crippen molar-refractivity contribution in [3.05, 3.63) is 60.2 Å². The normalized spacial score (nSPS) is 12.1. The molecular formula is C17H21N3O. The molecule has 21 heavy (non-hydrogen) atoms. The van der Waals surface area contributed by atoms with Gasteiger partial charge in [0.05, 0.1) is 6.04 Å². The first-order chi connectivity index (χ1) is 10.1. The molecule has 0 aromatic heterocycles. The molecule has 0 aliphatic carbocycles. The van der Waals surface area contributed by atoms with Crippen LogP contribution in [0.15, 0.2) is 54.6 Å². The molecule has 110 valence electrons. The molecule has 4 heteroatoms. The van der Waals surface area contributed by atoms with E-state index in [-0.39, 0.29) is 11.9 Å². The lowest BCUT2D eigenvalue weighted by Gasteiger charge is -2.24. The Balaban J connectivity index is 1.93. The number of nitrogen functional groups attached to an aromatic ring is 1. The van der Waals surface area contributed by atoms with Crippen molar-refractivity contribution in [2.75, 3.05) is 18.1 Å². The molecule has 0 spiro atoms. The van der Waals surface area contributed by atoms with Crippen LogP contribution in [-0.2, 0) is 11.3 Å². The van der Waals surface area contributed by atoms with Crippen molar-refractivity contribution < 1.29 is 4.79 Å². The topological polar surface area (TPSA) is 58.4 Å². The number of rotatable bonds is 5. The van der Waals surface area contributed by atoms with Gasteiger partial charge < -0.3 is 11.1 Å². The molecule has 2 aromatic carbocycles. The molecule has 2 rings (SSSR count). The smallest absolute Gasteiger partial charge is 0.241 e. The maximum Gasteiger partial charge on any atom is 0.241 e. The fourth-order valence-electron chi connectivity index (χ4n) is 2.02. The predicted molar refractivity (Wildman–Crippen MR) is 86.9 cm³/mol. The molecule has 0 bridgehead atoms. The summed E-state index contributed by atoms with van der Waals surface area (Å²) in [6, 6.07) is 17.0. The Labute approximate surface area is 125 Å². The molecule has 3 N–H and O–H groups in total. The van der Waals surface area contributed by atoms with Crippen molar-refractivity contribution in [1.29, 1.82) is 0 Å². The molecule has 0 radical (unpaired) electrons. The number of nitrogens with one attached hydrogen (secondary N) is 1. The van der Waals surface area contributed by atoms with Gasteiger partial charge in [0, 0.05) is 17.9 Å². The van der Waals surface area contributed by atoms with Gasteiger partial charge in [-0.25, -0.2) is 0 Å². The second-order valence-corrected chi connectivity index (χ2v) is 5.19. The molecular weight excluding hydrogens is 262 g/mol. The van der Waals surface area contributed by atoms with Gasteiger partial charge in [0.1, 0.15) is 0 Å². The molecule has 1 amide bonds. The third kappa shape index (κ3) is 4.33. The maximum absolute atomic E-state index is 12.2. The van der Waals surface area contributed by atoms with E-state index in [0.717, 1.165) is 12.2 Å². The Bertz CT molecular complexity index is 581. The van der Waals surface area contributed by atoms with Gasteiger partial charge in [0.25, 0.3) is 0 Å². The molecule has 0 heterocycles. The standard InChI is InChI=1S/C17H21N3O/c1-13(20(2)12-14-6-4-3-5-7-14)17(21)19-16-10-8-15(18)9-11-16/h3-11,13H,12,18H2,1-2H3,(H,19,21). The number of carbonyl (C=O) groups excluding carboxylic acids is 1. The zero-order valence-electron chi connectivity index (χ0n) is 12.4. The molecule has 1 atom stereocenters. The number of likely N-dealkylation sites (N-methyl/N-ethyl adjacent to an activating group) is 1. The van der Waals surface area contributed by atoms with Crippen molar-refractivity contribution in [2.45, 2.75) is 19.5 Å². The van der Waals surface area contributed by atoms with E-state index >= 15 is 0 Å². The highest BCUT2D eigenvalue weighted by Gasteiger charge is 2.18. The summed E-state index contributed by atoms with van der Waals surface area (Å²) >= 11 is 0. The number of hydrogen-bond donors (Lipinski definition) is 2. The summed E-state index contributed by atoms with van der Waals surface area (Å²) < 4.78 is 0. The predicted octanol–water partition coefficient (Wildman–Crippen LogP) is 2.73. The first-order valence-corrected chi connectivity index (χ1v) is 6.97. The second-order valence-electron chi connectivity index (χ2n) is 5.19. The molecule has 0 aliphatic heterocycles. The van der Waals surface area contributed by atoms with Gasteiger partial charge in [0.2, 0.25) is 5.91 Å². The van der Waals surface area contributed by atoms with Gasteiger partial charge in [0.15, 0.2) is 0 Å². The van der Waals surface area contributed by atoms with Crippen LogP contribution in [0.3, 0.4) is 0 Å². The average molecular weight is 283 g/mol. The lowest BCUT2D eigenvalue weighted by Crippen LogP contribution is -2.39. The fourth-order valence-corrected chi connectivity index (χ4v) is 2.02. The molecule has 4 nitrogen and oxygen atoms in total. The Morgan fingerprint density at radius 1 is 1.14 bits per heavy atom. The van der Waals surface area contributed by atoms with Crippen LogP contribution in [0.25, 0.3) is 0 Å². The van der Waals surface area contributed by atoms with Gasteiger partial charge >= 0.3 is 0 Å². The summed E-state index contributed by atoms with van der Waals surface area (Å²) in [4.78, 5) is 14.3. The quantitative estimate of drug-likeness (QED) is 0.830. The van der Waals surface area contributed by atoms with E-state index in [1.165, 1.54) is 5.56 Å². The number of anilines is 2. The van der Waals surface area contributed by atoms with E-state index < -0.39 is 0 Å². The molecule has 0 saturated heterocycles. The molecule has 2 aromatic rings. The maximum atomic E-state index is 12.2. The monoisotopic (exact) mass is 283 g/mol. The van der Waals surface area contributed by atoms with E-state index in [1.807, 2.05) is 37.1 Å². The van der Waals surface area contributed by atoms with Crippen LogP contribution in [0.2, 0.25) is 0 Å². The molecule has 0 fully saturated rings. The third-order valence-corrected chi connectivity index (χ3v) is 3.49. The minimum Gasteiger partial charge on any atom is -0.399 e. The van der Waals surface area contributed by atoms with Crippen molar-refractivity contribution in [3.8, 4) is 0 Å². The van der Waals surface area contributed by atoms with Gasteiger partial charge in [-0.2, -0.15) is 0 Å². The Morgan fingerprint density at radius 3 is 2.38 bits per heavy atom. The lowest BCUT2D eigenvalue weighted by molar-refractivity contribution is -0.120. The van der Waals surface area contributed by atoms with Crippen LogP contribution in [-0.4, -0.2) is 23.9 Å². The fraction of sp³-hybridized carbons (Fsp3) is 0.235. The number of nitrogens with zero attached hydrogens (tertiary/aromatic N) is 1. The SMILES string of the molecule is CC(C(=O)Nc1ccc(N)cc1)N(C)Cc1ccccc1. The van der Waals surface area contributed by atoms with Crippen LogP contribution in [0.1, 0.15) is 12.5 Å². The Kier molecular flexibility index (Phi) is 4.95. The number of nitrogens with two attached hydrogens (primary N) is 1. The van der Waals surface area contributed by atoms with E-state index in [9.17, 15) is 4.79 Å². The lowest BCUT2D eigenvalue weighted by atomic mass is 10.2. The molecule has 1 unspecified atom stereocenters. The van der Waals surface area contributed by atoms with E-state index in [0.29, 0.717) is 5.69 Å². The minimum absolute atomic E-state index is 0.0294. The average Bonchev–Trinajstić information content (AvgIpc) is 2.49. The third-order valence-electron chi connectivity index (χ3n) is 3.49. The number of hydrogen-bond acceptors (Lipinski definition) is 3. The summed E-state index contributed by atoms with van der Waals surface area (Å²) in [5.41, 5.74) is 8.26. The first-order valence-electron chi connectivity index (χ1n) is 6.97. The Hall–Kier alpha value is -2.33. The summed E-state index contributed by atoms with van der Waals surface area (Å²) in [6.07, 6.45) is 0. The molecule has 0 aliphatic rings. The molecule has 0 saturated carbocycles. The highest BCUT2D eigenvalue weighted by Crippen LogP contribution is 2.12. The van der Waals surface area contributed by atoms with Gasteiger partial charge in [-0.15, -0.1) is 0 Å². The van der Waals surface area contributed by atoms with Gasteiger partial charge in [-0.3, -0.25) is 9.69 Å². The summed E-state index contributed by atoms with van der Waals surface area (Å²) in [6.45, 7) is 2.63. The minimum atomic E-state index is -0.220. The zero-order chi connectivity index (χ0) is 15.2. The van der Waals surface area contributed by atoms with Crippen molar-refractivity contribution in [3.63, 3.8) is 0 Å². The Morgan fingerprint density at radius 2 is 1.76 bits per heavy atom. The number of benzene rings is 2. The highest BCUT2D eigenvalue weighted by molar-refractivity contribution is 5.94. The summed E-state index contributed by atoms with van der Waals surface area (Å²) in [7, 11) is 1.94. The van der Waals surface area contributed by atoms with Crippen molar-refractivity contribution in [2.24, 2.45) is 0 Å². The highest BCUT2D eigenvalue weighted by atomic mass is 16.2. The first kappa shape index (κ1) is 15.1. The van der Waals surface area contributed by atoms with E-state index in [2.05, 4.69) is 17.4 Å². The van der Waals surface area contributed by atoms with Crippen LogP contribution >= 0.6 is 0 Å². The van der Waals surface area contributed by atoms with E-state index in [1.54, 1.807) is 24.3 Å². The van der Waals surface area contributed by atoms with Gasteiger partial charge in [-0.1, -0.05) is 30.3 Å².